The van der Waals surface area contributed by atoms with Crippen molar-refractivity contribution in [1.82, 2.24) is 14.7 Å². The molecule has 0 amide bonds. The van der Waals surface area contributed by atoms with Crippen LogP contribution in [-0.2, 0) is 12.7 Å². The molecule has 0 bridgehead atoms. The number of aromatic nitrogens is 2. The van der Waals surface area contributed by atoms with E-state index in [-0.39, 0.29) is 22.6 Å². The number of hydrogen-bond donors (Lipinski definition) is 1. The number of fused-ring (bicyclic) bond motifs is 1. The Kier molecular flexibility index (Phi) is 7.63. The lowest BCUT2D eigenvalue weighted by Crippen LogP contribution is -2.26. The van der Waals surface area contributed by atoms with Crippen molar-refractivity contribution in [2.45, 2.75) is 39.0 Å². The maximum absolute atomic E-state index is 14.5. The predicted octanol–water partition coefficient (Wildman–Crippen LogP) is 7.64. The molecule has 3 aromatic carbocycles. The Bertz CT molecular complexity index is 1530. The van der Waals surface area contributed by atoms with Crippen LogP contribution in [0.25, 0.3) is 22.2 Å². The molecule has 1 N–H and O–H groups in total. The van der Waals surface area contributed by atoms with Gasteiger partial charge in [0.1, 0.15) is 23.0 Å². The van der Waals surface area contributed by atoms with Crippen molar-refractivity contribution >= 4 is 16.6 Å². The molecule has 1 aliphatic rings. The van der Waals surface area contributed by atoms with Crippen molar-refractivity contribution in [3.63, 3.8) is 0 Å². The molecule has 1 aromatic heterocycles. The van der Waals surface area contributed by atoms with Gasteiger partial charge in [-0.25, -0.2) is 13.2 Å². The number of benzene rings is 3. The summed E-state index contributed by atoms with van der Waals surface area (Å²) in [6.07, 6.45) is -1.51. The van der Waals surface area contributed by atoms with Gasteiger partial charge in [-0.3, -0.25) is 9.58 Å². The Balaban J connectivity index is 1.49. The smallest absolute Gasteiger partial charge is 0.381 e. The van der Waals surface area contributed by atoms with Gasteiger partial charge >= 0.3 is 6.18 Å². The lowest BCUT2D eigenvalue weighted by Gasteiger charge is -2.17. The average Bonchev–Trinajstić information content (AvgIpc) is 3.48. The predicted molar refractivity (Wildman–Crippen MR) is 143 cm³/mol. The summed E-state index contributed by atoms with van der Waals surface area (Å²) in [5.74, 6) is -3.38. The number of nitrogens with one attached hydrogen (secondary N) is 1. The molecule has 0 spiro atoms. The van der Waals surface area contributed by atoms with E-state index in [0.717, 1.165) is 42.5 Å². The van der Waals surface area contributed by atoms with Crippen molar-refractivity contribution in [3.8, 4) is 11.3 Å². The third-order valence-electron chi connectivity index (χ3n) is 7.05. The first kappa shape index (κ1) is 27.8. The Morgan fingerprint density at radius 1 is 1.02 bits per heavy atom. The Morgan fingerprint density at radius 3 is 2.38 bits per heavy atom. The second kappa shape index (κ2) is 11.0. The summed E-state index contributed by atoms with van der Waals surface area (Å²) >= 11 is 0. The number of halogens is 6. The van der Waals surface area contributed by atoms with Gasteiger partial charge in [0.2, 0.25) is 0 Å². The number of anilines is 1. The van der Waals surface area contributed by atoms with Crippen molar-refractivity contribution in [2.75, 3.05) is 25.0 Å². The van der Waals surface area contributed by atoms with Crippen molar-refractivity contribution in [2.24, 2.45) is 0 Å². The number of alkyl halides is 3. The zero-order valence-electron chi connectivity index (χ0n) is 22.0. The van der Waals surface area contributed by atoms with Crippen LogP contribution in [0.4, 0.5) is 32.0 Å². The van der Waals surface area contributed by atoms with Gasteiger partial charge in [-0.15, -0.1) is 0 Å². The molecule has 210 valence electrons. The maximum atomic E-state index is 14.5. The molecule has 2 heterocycles. The fourth-order valence-electron chi connectivity index (χ4n) is 5.06. The first-order valence-electron chi connectivity index (χ1n) is 12.9. The second-order valence-corrected chi connectivity index (χ2v) is 10.3. The minimum atomic E-state index is -4.68. The zero-order valence-corrected chi connectivity index (χ0v) is 22.0. The standard InChI is InChI=1S/C30H28F6N4/c1-18(2)10-12-39-13-11-22(16-39)37-21-8-6-19(7-9-21)29-23-4-3-5-25(30(34,35)36)28(23)38-40(29)17-24-26(32)14-20(31)15-27(24)33/h3-10,14-15,22,37H,11-13,16-17H2,1-2H3/t22-/m1/s1. The maximum Gasteiger partial charge on any atom is 0.418 e. The van der Waals surface area contributed by atoms with Crippen LogP contribution >= 0.6 is 0 Å². The minimum Gasteiger partial charge on any atom is -0.381 e. The molecular formula is C30H28F6N4. The molecule has 40 heavy (non-hydrogen) atoms. The van der Waals surface area contributed by atoms with Crippen molar-refractivity contribution < 1.29 is 26.3 Å². The van der Waals surface area contributed by atoms with E-state index < -0.39 is 41.3 Å². The highest BCUT2D eigenvalue weighted by atomic mass is 19.4. The second-order valence-electron chi connectivity index (χ2n) is 10.3. The summed E-state index contributed by atoms with van der Waals surface area (Å²) in [6, 6.07) is 12.1. The first-order chi connectivity index (χ1) is 19.0. The van der Waals surface area contributed by atoms with Crippen molar-refractivity contribution in [1.29, 1.82) is 0 Å². The van der Waals surface area contributed by atoms with Crippen LogP contribution in [0.15, 0.2) is 66.2 Å². The largest absolute Gasteiger partial charge is 0.418 e. The van der Waals surface area contributed by atoms with Crippen LogP contribution in [0.2, 0.25) is 0 Å². The van der Waals surface area contributed by atoms with Crippen LogP contribution in [0.1, 0.15) is 31.4 Å². The summed E-state index contributed by atoms with van der Waals surface area (Å²) in [4.78, 5) is 2.36. The molecule has 1 saturated heterocycles. The van der Waals surface area contributed by atoms with Crippen LogP contribution in [0.3, 0.4) is 0 Å². The number of rotatable bonds is 7. The van der Waals surface area contributed by atoms with Crippen molar-refractivity contribution in [3.05, 3.63) is 94.8 Å². The van der Waals surface area contributed by atoms with Gasteiger partial charge in [-0.2, -0.15) is 18.3 Å². The van der Waals surface area contributed by atoms with E-state index in [0.29, 0.717) is 17.7 Å². The summed E-state index contributed by atoms with van der Waals surface area (Å²) in [5.41, 5.74) is 1.11. The van der Waals surface area contributed by atoms with E-state index in [9.17, 15) is 26.3 Å². The Hall–Kier alpha value is -3.79. The molecule has 10 heteroatoms. The van der Waals surface area contributed by atoms with Crippen LogP contribution in [0.5, 0.6) is 0 Å². The fraction of sp³-hybridized carbons (Fsp3) is 0.300. The normalized spacial score (nSPS) is 16.1. The van der Waals surface area contributed by atoms with Crippen LogP contribution < -0.4 is 5.32 Å². The van der Waals surface area contributed by atoms with Gasteiger partial charge in [0, 0.05) is 60.0 Å². The third kappa shape index (κ3) is 5.86. The SMILES string of the molecule is CC(C)=CCN1CC[C@@H](Nc2ccc(-c3c4cccc(C(F)(F)F)c4nn3Cc3c(F)cc(F)cc3F)cc2)C1. The molecule has 4 aromatic rings. The van der Waals surface area contributed by atoms with E-state index in [1.54, 1.807) is 12.1 Å². The minimum absolute atomic E-state index is 0.184. The number of allylic oxidation sites excluding steroid dienone is 1. The molecule has 4 nitrogen and oxygen atoms in total. The summed E-state index contributed by atoms with van der Waals surface area (Å²) < 4.78 is 85.0. The van der Waals surface area contributed by atoms with Gasteiger partial charge < -0.3 is 5.32 Å². The van der Waals surface area contributed by atoms with Crippen LogP contribution in [-0.4, -0.2) is 40.4 Å². The topological polar surface area (TPSA) is 33.1 Å². The lowest BCUT2D eigenvalue weighted by molar-refractivity contribution is -0.136. The fourth-order valence-corrected chi connectivity index (χ4v) is 5.06. The van der Waals surface area contributed by atoms with E-state index in [2.05, 4.69) is 35.2 Å². The molecule has 1 aliphatic heterocycles. The monoisotopic (exact) mass is 558 g/mol. The number of hydrogen-bond acceptors (Lipinski definition) is 3. The number of nitrogens with zero attached hydrogens (tertiary/aromatic N) is 3. The highest BCUT2D eigenvalue weighted by molar-refractivity contribution is 5.95. The van der Waals surface area contributed by atoms with Gasteiger partial charge in [-0.1, -0.05) is 35.9 Å². The molecule has 1 atom stereocenters. The molecule has 0 unspecified atom stereocenters. The van der Waals surface area contributed by atoms with Gasteiger partial charge in [0.15, 0.2) is 0 Å². The lowest BCUT2D eigenvalue weighted by atomic mass is 10.0. The Morgan fingerprint density at radius 2 is 1.73 bits per heavy atom. The van der Waals surface area contributed by atoms with Gasteiger partial charge in [0.05, 0.1) is 17.8 Å². The third-order valence-corrected chi connectivity index (χ3v) is 7.05. The van der Waals surface area contributed by atoms with Gasteiger partial charge in [0.25, 0.3) is 0 Å². The Labute approximate surface area is 227 Å². The first-order valence-corrected chi connectivity index (χ1v) is 12.9. The highest BCUT2D eigenvalue weighted by Crippen LogP contribution is 2.38. The molecule has 0 saturated carbocycles. The quantitative estimate of drug-likeness (QED) is 0.187. The van der Waals surface area contributed by atoms with Gasteiger partial charge in [-0.05, 0) is 38.5 Å². The average molecular weight is 559 g/mol. The summed E-state index contributed by atoms with van der Waals surface area (Å²) in [7, 11) is 0. The highest BCUT2D eigenvalue weighted by Gasteiger charge is 2.35. The molecular weight excluding hydrogens is 530 g/mol. The van der Waals surface area contributed by atoms with E-state index in [4.69, 9.17) is 0 Å². The van der Waals surface area contributed by atoms with E-state index >= 15 is 0 Å². The van der Waals surface area contributed by atoms with E-state index in [1.165, 1.54) is 17.7 Å². The molecule has 0 aliphatic carbocycles. The molecule has 0 radical (unpaired) electrons. The van der Waals surface area contributed by atoms with Crippen LogP contribution in [0, 0.1) is 17.5 Å². The summed E-state index contributed by atoms with van der Waals surface area (Å²) in [5, 5.41) is 7.83. The number of likely N-dealkylation sites (tertiary alicyclic amines) is 1. The molecule has 1 fully saturated rings. The van der Waals surface area contributed by atoms with E-state index in [1.807, 2.05) is 12.1 Å². The zero-order chi connectivity index (χ0) is 28.6. The summed E-state index contributed by atoms with van der Waals surface area (Å²) in [6.45, 7) is 6.37. The molecule has 5 rings (SSSR count).